The van der Waals surface area contributed by atoms with Crippen molar-refractivity contribution in [3.8, 4) is 89.5 Å². The van der Waals surface area contributed by atoms with Gasteiger partial charge in [0.25, 0.3) is 0 Å². The third-order valence-electron chi connectivity index (χ3n) is 22.6. The van der Waals surface area contributed by atoms with Crippen LogP contribution in [-0.4, -0.2) is 18.3 Å². The second-order valence-corrected chi connectivity index (χ2v) is 28.7. The van der Waals surface area contributed by atoms with E-state index in [1.165, 1.54) is 165 Å². The van der Waals surface area contributed by atoms with Gasteiger partial charge in [-0.05, 0) is 211 Å². The van der Waals surface area contributed by atoms with Gasteiger partial charge in [-0.2, -0.15) is 0 Å². The molecule has 4 nitrogen and oxygen atoms in total. The van der Waals surface area contributed by atoms with Crippen LogP contribution >= 0.6 is 0 Å². The van der Waals surface area contributed by atoms with E-state index in [4.69, 9.17) is 0 Å². The fourth-order valence-corrected chi connectivity index (χ4v) is 17.6. The number of rotatable bonds is 10. The van der Waals surface area contributed by atoms with Crippen molar-refractivity contribution in [2.24, 2.45) is 0 Å². The Labute approximate surface area is 597 Å². The van der Waals surface area contributed by atoms with Gasteiger partial charge in [-0.3, -0.25) is 0 Å². The van der Waals surface area contributed by atoms with E-state index in [0.29, 0.717) is 0 Å². The second kappa shape index (κ2) is 23.0. The molecule has 2 aliphatic rings. The number of nitrogens with zero attached hydrogens (tertiary/aromatic N) is 4. The van der Waals surface area contributed by atoms with Gasteiger partial charge in [0.15, 0.2) is 0 Å². The summed E-state index contributed by atoms with van der Waals surface area (Å²) in [6.07, 6.45) is 6.93. The van der Waals surface area contributed by atoms with E-state index in [-0.39, 0.29) is 5.41 Å². The van der Waals surface area contributed by atoms with Crippen molar-refractivity contribution in [3.63, 3.8) is 0 Å². The Bertz CT molecular complexity index is 6760. The minimum Gasteiger partial charge on any atom is -0.309 e. The summed E-state index contributed by atoms with van der Waals surface area (Å²) in [7, 11) is 0. The first kappa shape index (κ1) is 58.9. The van der Waals surface area contributed by atoms with Crippen LogP contribution in [0.3, 0.4) is 0 Å². The molecule has 0 saturated heterocycles. The Morgan fingerprint density at radius 1 is 0.233 bits per heavy atom. The van der Waals surface area contributed by atoms with E-state index in [1.807, 2.05) is 0 Å². The third kappa shape index (κ3) is 9.30. The van der Waals surface area contributed by atoms with Crippen molar-refractivity contribution in [1.29, 1.82) is 0 Å². The summed E-state index contributed by atoms with van der Waals surface area (Å²) in [5, 5.41) is 9.85. The Hall–Kier alpha value is -13.0. The Balaban J connectivity index is 0.681. The molecule has 4 heterocycles. The lowest BCUT2D eigenvalue weighted by Gasteiger charge is -2.24. The van der Waals surface area contributed by atoms with Crippen LogP contribution < -0.4 is 0 Å². The molecule has 0 amide bonds. The van der Waals surface area contributed by atoms with E-state index in [9.17, 15) is 0 Å². The first-order valence-corrected chi connectivity index (χ1v) is 36.1. The Morgan fingerprint density at radius 2 is 0.573 bits per heavy atom. The van der Waals surface area contributed by atoms with Gasteiger partial charge < -0.3 is 18.3 Å². The molecule has 103 heavy (non-hydrogen) atoms. The van der Waals surface area contributed by atoms with E-state index in [2.05, 4.69) is 384 Å². The minimum atomic E-state index is -0.116. The van der Waals surface area contributed by atoms with Crippen LogP contribution in [0.4, 0.5) is 0 Å². The molecule has 0 spiro atoms. The zero-order valence-corrected chi connectivity index (χ0v) is 57.2. The Kier molecular flexibility index (Phi) is 13.2. The quantitative estimate of drug-likeness (QED) is 0.130. The number of hydrogen-bond donors (Lipinski definition) is 0. The van der Waals surface area contributed by atoms with Gasteiger partial charge in [0, 0.05) is 71.3 Å². The molecule has 484 valence electrons. The summed E-state index contributed by atoms with van der Waals surface area (Å²) in [6.45, 7) is 4.83. The van der Waals surface area contributed by atoms with Crippen LogP contribution in [0.25, 0.3) is 182 Å². The third-order valence-corrected chi connectivity index (χ3v) is 22.6. The van der Waals surface area contributed by atoms with E-state index < -0.39 is 0 Å². The number of aromatic nitrogens is 4. The van der Waals surface area contributed by atoms with Gasteiger partial charge in [-0.15, -0.1) is 0 Å². The van der Waals surface area contributed by atoms with Gasteiger partial charge in [0.2, 0.25) is 0 Å². The van der Waals surface area contributed by atoms with Crippen LogP contribution in [0.5, 0.6) is 0 Å². The average Bonchev–Trinajstić information content (AvgIpc) is 1.56. The average molecular weight is 1310 g/mol. The lowest BCUT2D eigenvalue weighted by molar-refractivity contribution is 0.651. The van der Waals surface area contributed by atoms with Crippen LogP contribution in [0.2, 0.25) is 0 Å². The zero-order chi connectivity index (χ0) is 68.0. The van der Waals surface area contributed by atoms with Crippen LogP contribution in [0.1, 0.15) is 37.8 Å². The van der Waals surface area contributed by atoms with Gasteiger partial charge >= 0.3 is 0 Å². The van der Waals surface area contributed by atoms with Gasteiger partial charge in [0.05, 0.1) is 44.1 Å². The first-order valence-electron chi connectivity index (χ1n) is 36.1. The standard InChI is InChI=1S/C99H68N4/c1-99(2)89-34-13-9-30-79(89)80-52-51-78(58-90(80)99)103-94-53-48-74(57-84(94)88-60-87-81-31-10-14-35-91(81)100(95(87)61-98(88)103)75-49-46-68(47-50-75)67-40-38-65(39-41-67)63-20-5-3-6-21-63)71-25-17-24-70(54-71)73-27-19-29-77(56-73)102-93-37-16-12-33-83(93)86-59-85-82-32-11-15-36-92(82)101(96(85)62-97(86)102)76-28-18-26-72(55-76)69-44-42-66(43-45-69)64-22-7-4-8-23-64/h3-8,10-29,31-62H,9,30H2,1-2H3. The molecule has 0 atom stereocenters. The van der Waals surface area contributed by atoms with E-state index in [1.54, 1.807) is 0 Å². The molecule has 4 heteroatoms. The molecule has 2 aliphatic carbocycles. The van der Waals surface area contributed by atoms with Crippen LogP contribution in [-0.2, 0) is 5.41 Å². The minimum absolute atomic E-state index is 0.116. The monoisotopic (exact) mass is 1310 g/mol. The summed E-state index contributed by atoms with van der Waals surface area (Å²) in [4.78, 5) is 0. The fourth-order valence-electron chi connectivity index (χ4n) is 17.6. The molecular weight excluding hydrogens is 1250 g/mol. The number of benzene rings is 15. The lowest BCUT2D eigenvalue weighted by atomic mass is 9.80. The van der Waals surface area contributed by atoms with Crippen molar-refractivity contribution >= 4 is 92.8 Å². The number of hydrogen-bond acceptors (Lipinski definition) is 0. The van der Waals surface area contributed by atoms with Gasteiger partial charge in [-0.1, -0.05) is 257 Å². The van der Waals surface area contributed by atoms with E-state index >= 15 is 0 Å². The van der Waals surface area contributed by atoms with Crippen molar-refractivity contribution in [2.75, 3.05) is 0 Å². The molecule has 0 bridgehead atoms. The molecule has 0 fully saturated rings. The number of allylic oxidation sites excluding steroid dienone is 4. The predicted octanol–water partition coefficient (Wildman–Crippen LogP) is 26.5. The topological polar surface area (TPSA) is 19.7 Å². The molecule has 0 unspecified atom stereocenters. The van der Waals surface area contributed by atoms with Crippen LogP contribution in [0, 0.1) is 0 Å². The summed E-state index contributed by atoms with van der Waals surface area (Å²) < 4.78 is 9.97. The maximum atomic E-state index is 2.55. The smallest absolute Gasteiger partial charge is 0.0562 e. The number of para-hydroxylation sites is 3. The largest absolute Gasteiger partial charge is 0.309 e. The summed E-state index contributed by atoms with van der Waals surface area (Å²) in [6, 6.07) is 127. The molecule has 0 aliphatic heterocycles. The highest BCUT2D eigenvalue weighted by Crippen LogP contribution is 2.52. The van der Waals surface area contributed by atoms with E-state index in [0.717, 1.165) is 46.5 Å². The zero-order valence-electron chi connectivity index (χ0n) is 57.2. The van der Waals surface area contributed by atoms with Crippen molar-refractivity contribution in [1.82, 2.24) is 18.3 Å². The molecule has 0 saturated carbocycles. The predicted molar refractivity (Wildman–Crippen MR) is 435 cm³/mol. The molecular formula is C99H68N4. The molecule has 0 radical (unpaired) electrons. The molecule has 19 aromatic rings. The number of fused-ring (bicyclic) bond motifs is 14. The highest BCUT2D eigenvalue weighted by molar-refractivity contribution is 6.21. The second-order valence-electron chi connectivity index (χ2n) is 28.7. The van der Waals surface area contributed by atoms with Crippen molar-refractivity contribution in [3.05, 3.63) is 369 Å². The van der Waals surface area contributed by atoms with Gasteiger partial charge in [0.1, 0.15) is 0 Å². The fraction of sp³-hybridized carbons (Fsp3) is 0.0505. The molecule has 0 N–H and O–H groups in total. The highest BCUT2D eigenvalue weighted by Gasteiger charge is 2.37. The van der Waals surface area contributed by atoms with Crippen LogP contribution in [0.15, 0.2) is 357 Å². The lowest BCUT2D eigenvalue weighted by Crippen LogP contribution is -2.17. The molecule has 4 aromatic heterocycles. The summed E-state index contributed by atoms with van der Waals surface area (Å²) >= 11 is 0. The first-order chi connectivity index (χ1) is 50.8. The SMILES string of the molecule is CC1(C)C2=C(CCC=C2)c2ccc(-n3c4ccc(-c5cccc(-c6cccc(-n7c8ccccc8c8cc9c%10ccccc%10n(-c%10cccc(-c%11ccc(-c%12ccccc%12)cc%11)c%10)c9cc87)c6)c5)cc4c4cc5c6ccccc6n(-c6ccc(-c7ccc(-c8ccccc8)cc7)cc6)c5cc43)cc21. The van der Waals surface area contributed by atoms with Crippen molar-refractivity contribution in [2.45, 2.75) is 32.1 Å². The summed E-state index contributed by atoms with van der Waals surface area (Å²) in [5.41, 5.74) is 33.9. The maximum absolute atomic E-state index is 2.55. The van der Waals surface area contributed by atoms with Gasteiger partial charge in [-0.25, -0.2) is 0 Å². The van der Waals surface area contributed by atoms with Crippen molar-refractivity contribution < 1.29 is 0 Å². The molecule has 21 rings (SSSR count). The maximum Gasteiger partial charge on any atom is 0.0562 e. The highest BCUT2D eigenvalue weighted by atomic mass is 15.0. The Morgan fingerprint density at radius 3 is 1.08 bits per heavy atom. The summed E-state index contributed by atoms with van der Waals surface area (Å²) in [5.74, 6) is 0. The molecule has 15 aromatic carbocycles. The normalized spacial score (nSPS) is 13.5.